The summed E-state index contributed by atoms with van der Waals surface area (Å²) < 4.78 is 5.78. The molecule has 0 spiro atoms. The van der Waals surface area contributed by atoms with Crippen LogP contribution in [0.1, 0.15) is 24.0 Å². The minimum absolute atomic E-state index is 0.0939. The normalized spacial score (nSPS) is 14.9. The fourth-order valence-electron chi connectivity index (χ4n) is 3.14. The van der Waals surface area contributed by atoms with Crippen molar-refractivity contribution >= 4 is 21.9 Å². The summed E-state index contributed by atoms with van der Waals surface area (Å²) in [6.07, 6.45) is 4.61. The van der Waals surface area contributed by atoms with Crippen molar-refractivity contribution < 1.29 is 14.6 Å². The van der Waals surface area contributed by atoms with Crippen LogP contribution in [0.4, 0.5) is 0 Å². The van der Waals surface area contributed by atoms with Crippen LogP contribution < -0.4 is 0 Å². The van der Waals surface area contributed by atoms with E-state index >= 15 is 0 Å². The van der Waals surface area contributed by atoms with E-state index < -0.39 is 0 Å². The Kier molecular flexibility index (Phi) is 2.07. The van der Waals surface area contributed by atoms with Gasteiger partial charge in [0.25, 0.3) is 0 Å². The lowest BCUT2D eigenvalue weighted by Crippen LogP contribution is -2.02. The standard InChI is InChI=1S/C16H14O3/c17-12-7-11-15(8-13(12)18)19-14-6-5-9-3-1-2-4-10(9)16(11)14/h5-8,17-18H,1-4H2. The molecule has 0 unspecified atom stereocenters. The molecule has 0 saturated heterocycles. The maximum atomic E-state index is 9.71. The molecule has 3 aromatic rings. The van der Waals surface area contributed by atoms with Gasteiger partial charge in [-0.05, 0) is 48.9 Å². The van der Waals surface area contributed by atoms with Gasteiger partial charge >= 0.3 is 0 Å². The van der Waals surface area contributed by atoms with Gasteiger partial charge in [0, 0.05) is 16.8 Å². The quantitative estimate of drug-likeness (QED) is 0.599. The Hall–Kier alpha value is -2.16. The smallest absolute Gasteiger partial charge is 0.161 e. The fourth-order valence-corrected chi connectivity index (χ4v) is 3.14. The third-order valence-electron chi connectivity index (χ3n) is 4.06. The summed E-state index contributed by atoms with van der Waals surface area (Å²) in [4.78, 5) is 0. The van der Waals surface area contributed by atoms with Crippen LogP contribution in [0.3, 0.4) is 0 Å². The third kappa shape index (κ3) is 1.44. The Labute approximate surface area is 110 Å². The maximum Gasteiger partial charge on any atom is 0.161 e. The van der Waals surface area contributed by atoms with Crippen molar-refractivity contribution in [2.75, 3.05) is 0 Å². The van der Waals surface area contributed by atoms with E-state index in [4.69, 9.17) is 4.42 Å². The van der Waals surface area contributed by atoms with Gasteiger partial charge in [0.1, 0.15) is 11.2 Å². The third-order valence-corrected chi connectivity index (χ3v) is 4.06. The molecular formula is C16H14O3. The molecule has 1 aliphatic carbocycles. The molecule has 4 rings (SSSR count). The highest BCUT2D eigenvalue weighted by Gasteiger charge is 2.18. The zero-order valence-corrected chi connectivity index (χ0v) is 10.4. The molecule has 2 N–H and O–H groups in total. The monoisotopic (exact) mass is 254 g/mol. The van der Waals surface area contributed by atoms with Gasteiger partial charge in [-0.3, -0.25) is 0 Å². The Morgan fingerprint density at radius 2 is 1.68 bits per heavy atom. The molecule has 0 bridgehead atoms. The summed E-state index contributed by atoms with van der Waals surface area (Å²) in [6.45, 7) is 0. The first-order valence-corrected chi connectivity index (χ1v) is 6.63. The highest BCUT2D eigenvalue weighted by atomic mass is 16.3. The first kappa shape index (κ1) is 10.7. The average molecular weight is 254 g/mol. The number of furan rings is 1. The highest BCUT2D eigenvalue weighted by Crippen LogP contribution is 2.40. The summed E-state index contributed by atoms with van der Waals surface area (Å²) in [6, 6.07) is 7.22. The van der Waals surface area contributed by atoms with E-state index in [0.717, 1.165) is 29.2 Å². The summed E-state index contributed by atoms with van der Waals surface area (Å²) in [5.74, 6) is -0.232. The van der Waals surface area contributed by atoms with E-state index in [-0.39, 0.29) is 11.5 Å². The molecule has 19 heavy (non-hydrogen) atoms. The van der Waals surface area contributed by atoms with Gasteiger partial charge in [-0.1, -0.05) is 6.07 Å². The number of hydrogen-bond donors (Lipinski definition) is 2. The molecule has 0 saturated carbocycles. The first-order valence-electron chi connectivity index (χ1n) is 6.63. The Morgan fingerprint density at radius 3 is 2.58 bits per heavy atom. The number of benzene rings is 2. The molecule has 0 aliphatic heterocycles. The van der Waals surface area contributed by atoms with Crippen LogP contribution in [0.15, 0.2) is 28.7 Å². The van der Waals surface area contributed by atoms with Gasteiger partial charge < -0.3 is 14.6 Å². The molecule has 2 aromatic carbocycles. The molecule has 0 fully saturated rings. The minimum atomic E-state index is -0.138. The van der Waals surface area contributed by atoms with Crippen LogP contribution in [0.25, 0.3) is 21.9 Å². The van der Waals surface area contributed by atoms with Gasteiger partial charge in [0.2, 0.25) is 0 Å². The minimum Gasteiger partial charge on any atom is -0.504 e. The average Bonchev–Trinajstić information content (AvgIpc) is 2.77. The number of fused-ring (bicyclic) bond motifs is 5. The van der Waals surface area contributed by atoms with Crippen molar-refractivity contribution in [1.82, 2.24) is 0 Å². The maximum absolute atomic E-state index is 9.71. The predicted molar refractivity (Wildman–Crippen MR) is 73.7 cm³/mol. The fraction of sp³-hybridized carbons (Fsp3) is 0.250. The van der Waals surface area contributed by atoms with E-state index in [9.17, 15) is 10.2 Å². The number of aryl methyl sites for hydroxylation is 2. The van der Waals surface area contributed by atoms with Gasteiger partial charge in [-0.2, -0.15) is 0 Å². The lowest BCUT2D eigenvalue weighted by Gasteiger charge is -2.16. The highest BCUT2D eigenvalue weighted by molar-refractivity contribution is 6.08. The second-order valence-electron chi connectivity index (χ2n) is 5.22. The summed E-state index contributed by atoms with van der Waals surface area (Å²) >= 11 is 0. The van der Waals surface area contributed by atoms with Gasteiger partial charge in [0.15, 0.2) is 11.5 Å². The predicted octanol–water partition coefficient (Wildman–Crippen LogP) is 3.88. The van der Waals surface area contributed by atoms with Crippen LogP contribution in [0, 0.1) is 0 Å². The van der Waals surface area contributed by atoms with Gasteiger partial charge in [-0.25, -0.2) is 0 Å². The van der Waals surface area contributed by atoms with Crippen LogP contribution in [0.2, 0.25) is 0 Å². The summed E-state index contributed by atoms with van der Waals surface area (Å²) in [7, 11) is 0. The van der Waals surface area contributed by atoms with Crippen molar-refractivity contribution in [3.8, 4) is 11.5 Å². The largest absolute Gasteiger partial charge is 0.504 e. The lowest BCUT2D eigenvalue weighted by atomic mass is 9.88. The molecule has 0 radical (unpaired) electrons. The number of hydrogen-bond acceptors (Lipinski definition) is 3. The zero-order chi connectivity index (χ0) is 13.0. The number of phenols is 2. The van der Waals surface area contributed by atoms with Crippen LogP contribution >= 0.6 is 0 Å². The lowest BCUT2D eigenvalue weighted by molar-refractivity contribution is 0.404. The Bertz CT molecular complexity index is 799. The molecule has 0 amide bonds. The van der Waals surface area contributed by atoms with Crippen molar-refractivity contribution in [3.63, 3.8) is 0 Å². The zero-order valence-electron chi connectivity index (χ0n) is 10.4. The van der Waals surface area contributed by atoms with Crippen LogP contribution in [-0.2, 0) is 12.8 Å². The molecule has 0 atom stereocenters. The Morgan fingerprint density at radius 1 is 0.895 bits per heavy atom. The van der Waals surface area contributed by atoms with Crippen LogP contribution in [-0.4, -0.2) is 10.2 Å². The number of aromatic hydroxyl groups is 2. The number of rotatable bonds is 0. The van der Waals surface area contributed by atoms with E-state index in [1.165, 1.54) is 30.0 Å². The van der Waals surface area contributed by atoms with Crippen molar-refractivity contribution in [1.29, 1.82) is 0 Å². The summed E-state index contributed by atoms with van der Waals surface area (Å²) in [5.41, 5.74) is 4.19. The van der Waals surface area contributed by atoms with Crippen molar-refractivity contribution in [2.24, 2.45) is 0 Å². The topological polar surface area (TPSA) is 53.6 Å². The molecule has 96 valence electrons. The molecule has 1 aliphatic rings. The van der Waals surface area contributed by atoms with E-state index in [0.29, 0.717) is 5.58 Å². The molecule has 3 heteroatoms. The second kappa shape index (κ2) is 3.67. The SMILES string of the molecule is Oc1cc2oc3ccc4c(c3c2cc1O)CCCC4. The van der Waals surface area contributed by atoms with Crippen molar-refractivity contribution in [2.45, 2.75) is 25.7 Å². The van der Waals surface area contributed by atoms with Gasteiger partial charge in [-0.15, -0.1) is 0 Å². The second-order valence-corrected chi connectivity index (χ2v) is 5.22. The van der Waals surface area contributed by atoms with Gasteiger partial charge in [0.05, 0.1) is 0 Å². The van der Waals surface area contributed by atoms with Crippen LogP contribution in [0.5, 0.6) is 11.5 Å². The van der Waals surface area contributed by atoms with E-state index in [1.54, 1.807) is 6.07 Å². The molecule has 1 aromatic heterocycles. The molecular weight excluding hydrogens is 240 g/mol. The number of phenolic OH excluding ortho intramolecular Hbond substituents is 2. The molecule has 3 nitrogen and oxygen atoms in total. The Balaban J connectivity index is 2.17. The van der Waals surface area contributed by atoms with E-state index in [2.05, 4.69) is 6.07 Å². The summed E-state index contributed by atoms with van der Waals surface area (Å²) in [5, 5.41) is 21.3. The van der Waals surface area contributed by atoms with Crippen molar-refractivity contribution in [3.05, 3.63) is 35.4 Å². The molecule has 1 heterocycles. The van der Waals surface area contributed by atoms with E-state index in [1.807, 2.05) is 6.07 Å². The first-order chi connectivity index (χ1) is 9.24.